The number of imidazole rings is 1. The van der Waals surface area contributed by atoms with Crippen LogP contribution in [0.3, 0.4) is 0 Å². The van der Waals surface area contributed by atoms with Crippen LogP contribution in [-0.2, 0) is 23.9 Å². The first kappa shape index (κ1) is 45.8. The summed E-state index contributed by atoms with van der Waals surface area (Å²) in [7, 11) is 0. The first-order valence-corrected chi connectivity index (χ1v) is 22.7. The number of hydrogen-bond donors (Lipinski definition) is 4. The van der Waals surface area contributed by atoms with E-state index in [4.69, 9.17) is 14.5 Å². The lowest BCUT2D eigenvalue weighted by Gasteiger charge is -2.33. The minimum atomic E-state index is -0.988. The van der Waals surface area contributed by atoms with Gasteiger partial charge in [0.25, 0.3) is 11.8 Å². The minimum absolute atomic E-state index is 0.0117. The van der Waals surface area contributed by atoms with Gasteiger partial charge in [0.05, 0.1) is 17.9 Å². The molecule has 2 saturated heterocycles. The molecule has 1 aliphatic carbocycles. The van der Waals surface area contributed by atoms with E-state index in [1.54, 1.807) is 63.5 Å². The summed E-state index contributed by atoms with van der Waals surface area (Å²) in [6, 6.07) is 23.9. The third kappa shape index (κ3) is 11.5. The van der Waals surface area contributed by atoms with Crippen LogP contribution in [-0.4, -0.2) is 86.1 Å². The molecular formula is C50H63N7O7. The number of hydrogen-bond acceptors (Lipinski definition) is 8. The number of carbonyl (C=O) groups excluding carboxylic acids is 5. The van der Waals surface area contributed by atoms with Gasteiger partial charge in [-0.2, -0.15) is 0 Å². The van der Waals surface area contributed by atoms with E-state index >= 15 is 0 Å². The second-order valence-electron chi connectivity index (χ2n) is 19.2. The highest BCUT2D eigenvalue weighted by Gasteiger charge is 2.40. The molecule has 3 aromatic carbocycles. The van der Waals surface area contributed by atoms with E-state index in [0.29, 0.717) is 48.8 Å². The van der Waals surface area contributed by atoms with Gasteiger partial charge in [0.2, 0.25) is 5.91 Å². The number of aromatic amines is 1. The summed E-state index contributed by atoms with van der Waals surface area (Å²) in [5.41, 5.74) is 2.91. The summed E-state index contributed by atoms with van der Waals surface area (Å²) in [6.45, 7) is 11.6. The Labute approximate surface area is 376 Å². The number of nitrogens with zero attached hydrogens (tertiary/aromatic N) is 3. The summed E-state index contributed by atoms with van der Waals surface area (Å²) in [5, 5.41) is 8.85. The van der Waals surface area contributed by atoms with Gasteiger partial charge in [0.15, 0.2) is 0 Å². The van der Waals surface area contributed by atoms with Crippen LogP contribution >= 0.6 is 0 Å². The van der Waals surface area contributed by atoms with E-state index in [-0.39, 0.29) is 29.8 Å². The van der Waals surface area contributed by atoms with Crippen molar-refractivity contribution in [3.63, 3.8) is 0 Å². The van der Waals surface area contributed by atoms with E-state index in [9.17, 15) is 24.0 Å². The van der Waals surface area contributed by atoms with Gasteiger partial charge in [-0.15, -0.1) is 0 Å². The molecule has 4 atom stereocenters. The van der Waals surface area contributed by atoms with Crippen LogP contribution < -0.4 is 16.0 Å². The Balaban J connectivity index is 0.961. The fraction of sp³-hybridized carbons (Fsp3) is 0.480. The number of H-pyrrole nitrogens is 1. The zero-order valence-corrected chi connectivity index (χ0v) is 37.9. The van der Waals surface area contributed by atoms with Crippen LogP contribution in [0.2, 0.25) is 0 Å². The van der Waals surface area contributed by atoms with E-state index in [1.807, 2.05) is 54.7 Å². The highest BCUT2D eigenvalue weighted by molar-refractivity contribution is 5.92. The smallest absolute Gasteiger partial charge is 0.408 e. The molecular weight excluding hydrogens is 811 g/mol. The third-order valence-corrected chi connectivity index (χ3v) is 12.1. The van der Waals surface area contributed by atoms with Gasteiger partial charge in [0, 0.05) is 19.1 Å². The van der Waals surface area contributed by atoms with Crippen molar-refractivity contribution in [2.24, 2.45) is 0 Å². The maximum atomic E-state index is 14.2. The third-order valence-electron chi connectivity index (χ3n) is 12.1. The summed E-state index contributed by atoms with van der Waals surface area (Å²) in [6.07, 6.45) is 6.66. The van der Waals surface area contributed by atoms with Gasteiger partial charge in [-0.05, 0) is 127 Å². The average molecular weight is 874 g/mol. The van der Waals surface area contributed by atoms with Crippen LogP contribution in [0.5, 0.6) is 0 Å². The van der Waals surface area contributed by atoms with Gasteiger partial charge in [-0.25, -0.2) is 14.6 Å². The van der Waals surface area contributed by atoms with Gasteiger partial charge in [-0.1, -0.05) is 78.9 Å². The number of rotatable bonds is 11. The first-order chi connectivity index (χ1) is 30.5. The Morgan fingerprint density at radius 2 is 1.22 bits per heavy atom. The molecule has 4 aromatic rings. The first-order valence-electron chi connectivity index (χ1n) is 22.7. The van der Waals surface area contributed by atoms with Crippen molar-refractivity contribution in [3.05, 3.63) is 114 Å². The lowest BCUT2D eigenvalue weighted by atomic mass is 9.81. The monoisotopic (exact) mass is 873 g/mol. The quantitative estimate of drug-likeness (QED) is 0.116. The Kier molecular flexibility index (Phi) is 14.1. The predicted molar refractivity (Wildman–Crippen MR) is 243 cm³/mol. The molecule has 14 heteroatoms. The Morgan fingerprint density at radius 3 is 1.80 bits per heavy atom. The highest BCUT2D eigenvalue weighted by Crippen LogP contribution is 2.37. The fourth-order valence-corrected chi connectivity index (χ4v) is 9.15. The van der Waals surface area contributed by atoms with Crippen molar-refractivity contribution in [3.8, 4) is 11.3 Å². The molecule has 0 spiro atoms. The van der Waals surface area contributed by atoms with Crippen molar-refractivity contribution in [2.45, 2.75) is 140 Å². The SMILES string of the molecule is CC(C)(C)OC(=O)N[C@@H](C(=O)N1CCC[C@H]1C(=O)NC1CCC(c2cccc(-c3cnc([C@@H]4CCCN4C(=O)[C@H](NC(=O)OC(C)(C)C)c4ccccc4)[nH]3)c2)CC1)c1ccccc1. The molecule has 3 heterocycles. The molecule has 5 amide bonds. The molecule has 3 aliphatic rings. The van der Waals surface area contributed by atoms with Gasteiger partial charge < -0.3 is 40.2 Å². The van der Waals surface area contributed by atoms with Gasteiger partial charge >= 0.3 is 12.2 Å². The van der Waals surface area contributed by atoms with Crippen molar-refractivity contribution in [1.29, 1.82) is 0 Å². The summed E-state index contributed by atoms with van der Waals surface area (Å²) >= 11 is 0. The fourth-order valence-electron chi connectivity index (χ4n) is 9.15. The van der Waals surface area contributed by atoms with Crippen molar-refractivity contribution in [2.75, 3.05) is 13.1 Å². The number of benzene rings is 3. The van der Waals surface area contributed by atoms with Crippen LogP contribution in [0.15, 0.2) is 91.1 Å². The lowest BCUT2D eigenvalue weighted by Crippen LogP contribution is -2.52. The van der Waals surface area contributed by atoms with Crippen LogP contribution in [0, 0.1) is 0 Å². The summed E-state index contributed by atoms with van der Waals surface area (Å²) < 4.78 is 11.0. The molecule has 0 bridgehead atoms. The number of alkyl carbamates (subject to hydrolysis) is 2. The molecule has 4 N–H and O–H groups in total. The molecule has 0 radical (unpaired) electrons. The molecule has 1 aromatic heterocycles. The van der Waals surface area contributed by atoms with Crippen LogP contribution in [0.1, 0.15) is 139 Å². The van der Waals surface area contributed by atoms with Crippen LogP contribution in [0.25, 0.3) is 11.3 Å². The number of ether oxygens (including phenoxy) is 2. The number of amides is 5. The molecule has 3 fully saturated rings. The molecule has 7 rings (SSSR count). The van der Waals surface area contributed by atoms with E-state index < -0.39 is 41.5 Å². The number of likely N-dealkylation sites (tertiary alicyclic amines) is 2. The molecule has 340 valence electrons. The minimum Gasteiger partial charge on any atom is -0.444 e. The van der Waals surface area contributed by atoms with E-state index in [0.717, 1.165) is 49.8 Å². The zero-order chi connectivity index (χ0) is 45.6. The number of aromatic nitrogens is 2. The summed E-state index contributed by atoms with van der Waals surface area (Å²) in [5.74, 6) is 0.295. The molecule has 64 heavy (non-hydrogen) atoms. The van der Waals surface area contributed by atoms with E-state index in [2.05, 4.69) is 45.2 Å². The van der Waals surface area contributed by atoms with Gasteiger partial charge in [-0.3, -0.25) is 14.4 Å². The lowest BCUT2D eigenvalue weighted by molar-refractivity contribution is -0.140. The van der Waals surface area contributed by atoms with Crippen molar-refractivity contribution >= 4 is 29.9 Å². The Morgan fingerprint density at radius 1 is 0.672 bits per heavy atom. The van der Waals surface area contributed by atoms with E-state index in [1.165, 1.54) is 5.56 Å². The topological polar surface area (TPSA) is 175 Å². The molecule has 2 aliphatic heterocycles. The normalized spacial score (nSPS) is 21.1. The molecule has 14 nitrogen and oxygen atoms in total. The molecule has 0 unspecified atom stereocenters. The molecule has 1 saturated carbocycles. The Bertz CT molecular complexity index is 2260. The zero-order valence-electron chi connectivity index (χ0n) is 37.9. The number of nitrogens with one attached hydrogen (secondary N) is 4. The Hall–Kier alpha value is -6.18. The number of carbonyl (C=O) groups is 5. The van der Waals surface area contributed by atoms with Crippen molar-refractivity contribution in [1.82, 2.24) is 35.7 Å². The second-order valence-corrected chi connectivity index (χ2v) is 19.2. The maximum Gasteiger partial charge on any atom is 0.408 e. The van der Waals surface area contributed by atoms with Gasteiger partial charge in [0.1, 0.15) is 35.2 Å². The maximum absolute atomic E-state index is 14.2. The highest BCUT2D eigenvalue weighted by atomic mass is 16.6. The predicted octanol–water partition coefficient (Wildman–Crippen LogP) is 8.41. The van der Waals surface area contributed by atoms with Crippen molar-refractivity contribution < 1.29 is 33.4 Å². The average Bonchev–Trinajstić information content (AvgIpc) is 4.06. The largest absolute Gasteiger partial charge is 0.444 e. The summed E-state index contributed by atoms with van der Waals surface area (Å²) in [4.78, 5) is 79.6. The standard InChI is InChI=1S/C50H63N7O7/c1-49(2,3)63-47(61)54-41(33-16-9-7-10-17-33)45(59)56-28-14-22-39(56)43-51-31-38(53-43)36-21-13-20-35(30-36)32-24-26-37(27-25-32)52-44(58)40-23-15-29-57(40)46(60)42(34-18-11-8-12-19-34)55-48(62)64-50(4,5)6/h7-13,16-21,30-32,37,39-42H,14-15,22-29H2,1-6H3,(H,51,53)(H,52,58)(H,54,61)(H,55,62)/t32?,37?,39-,40-,41+,42+/m0/s1. The van der Waals surface area contributed by atoms with Crippen LogP contribution in [0.4, 0.5) is 9.59 Å². The second kappa shape index (κ2) is 19.7.